The van der Waals surface area contributed by atoms with Gasteiger partial charge in [-0.05, 0) is 48.0 Å². The van der Waals surface area contributed by atoms with Crippen LogP contribution in [0, 0.1) is 10.1 Å². The lowest BCUT2D eigenvalue weighted by Crippen LogP contribution is -2.27. The molecule has 2 aromatic carbocycles. The minimum absolute atomic E-state index is 0.000799. The summed E-state index contributed by atoms with van der Waals surface area (Å²) in [5, 5.41) is 11.2. The molecule has 120 valence electrons. The first-order valence-corrected chi connectivity index (χ1v) is 8.34. The second kappa shape index (κ2) is 6.72. The van der Waals surface area contributed by atoms with Crippen LogP contribution in [0.3, 0.4) is 0 Å². The fourth-order valence-electron chi connectivity index (χ4n) is 2.12. The number of non-ortho nitro benzene ring substituents is 1. The van der Waals surface area contributed by atoms with E-state index in [1.54, 1.807) is 42.5 Å². The number of thiocarbonyl (C=S) groups is 1. The van der Waals surface area contributed by atoms with Gasteiger partial charge in [0, 0.05) is 17.2 Å². The summed E-state index contributed by atoms with van der Waals surface area (Å²) >= 11 is 12.3. The normalized spacial score (nSPS) is 16.0. The first kappa shape index (κ1) is 16.6. The molecule has 1 fully saturated rings. The Bertz CT molecular complexity index is 864. The van der Waals surface area contributed by atoms with Crippen LogP contribution >= 0.6 is 35.6 Å². The molecule has 0 radical (unpaired) electrons. The maximum atomic E-state index is 12.6. The molecule has 0 spiro atoms. The number of nitrogens with zero attached hydrogens (tertiary/aromatic N) is 2. The number of hydrogen-bond donors (Lipinski definition) is 0. The molecule has 0 bridgehead atoms. The molecule has 5 nitrogen and oxygen atoms in total. The monoisotopic (exact) mass is 376 g/mol. The quantitative estimate of drug-likeness (QED) is 0.337. The van der Waals surface area contributed by atoms with E-state index in [0.717, 1.165) is 0 Å². The van der Waals surface area contributed by atoms with Gasteiger partial charge in [-0.15, -0.1) is 0 Å². The number of thioether (sulfide) groups is 1. The van der Waals surface area contributed by atoms with E-state index in [9.17, 15) is 14.9 Å². The summed E-state index contributed by atoms with van der Waals surface area (Å²) in [7, 11) is 0. The molecule has 1 aliphatic rings. The van der Waals surface area contributed by atoms with E-state index in [4.69, 9.17) is 23.8 Å². The van der Waals surface area contributed by atoms with Crippen molar-refractivity contribution in [2.75, 3.05) is 4.90 Å². The van der Waals surface area contributed by atoms with Crippen LogP contribution in [-0.2, 0) is 4.79 Å². The number of hydrogen-bond acceptors (Lipinski definition) is 5. The summed E-state index contributed by atoms with van der Waals surface area (Å²) in [6, 6.07) is 12.8. The lowest BCUT2D eigenvalue weighted by Gasteiger charge is -2.14. The summed E-state index contributed by atoms with van der Waals surface area (Å²) in [4.78, 5) is 24.7. The highest BCUT2D eigenvalue weighted by Gasteiger charge is 2.33. The molecule has 3 rings (SSSR count). The van der Waals surface area contributed by atoms with Gasteiger partial charge in [0.2, 0.25) is 0 Å². The first-order valence-electron chi connectivity index (χ1n) is 6.74. The molecule has 0 N–H and O–H groups in total. The Kier molecular flexibility index (Phi) is 4.66. The third-order valence-corrected chi connectivity index (χ3v) is 4.83. The van der Waals surface area contributed by atoms with E-state index in [1.165, 1.54) is 28.8 Å². The van der Waals surface area contributed by atoms with Gasteiger partial charge >= 0.3 is 0 Å². The van der Waals surface area contributed by atoms with Crippen LogP contribution in [0.1, 0.15) is 5.56 Å². The zero-order chi connectivity index (χ0) is 17.3. The molecule has 0 atom stereocenters. The molecule has 2 aromatic rings. The Morgan fingerprint density at radius 1 is 1.12 bits per heavy atom. The molecule has 0 saturated carbocycles. The number of benzene rings is 2. The fourth-order valence-corrected chi connectivity index (χ4v) is 3.55. The van der Waals surface area contributed by atoms with Gasteiger partial charge in [-0.25, -0.2) is 0 Å². The second-order valence-corrected chi connectivity index (χ2v) is 6.95. The van der Waals surface area contributed by atoms with Crippen LogP contribution in [0.5, 0.6) is 0 Å². The van der Waals surface area contributed by atoms with Crippen LogP contribution in [0.25, 0.3) is 6.08 Å². The number of carbonyl (C=O) groups excluding carboxylic acids is 1. The molecular formula is C16H9ClN2O3S2. The highest BCUT2D eigenvalue weighted by molar-refractivity contribution is 8.27. The molecule has 24 heavy (non-hydrogen) atoms. The van der Waals surface area contributed by atoms with Gasteiger partial charge < -0.3 is 0 Å². The fraction of sp³-hybridized carbons (Fsp3) is 0. The molecule has 1 amide bonds. The van der Waals surface area contributed by atoms with E-state index >= 15 is 0 Å². The Hall–Kier alpha value is -2.22. The van der Waals surface area contributed by atoms with Gasteiger partial charge in [0.15, 0.2) is 4.32 Å². The van der Waals surface area contributed by atoms with E-state index in [0.29, 0.717) is 25.5 Å². The summed E-state index contributed by atoms with van der Waals surface area (Å²) in [6.07, 6.45) is 1.67. The van der Waals surface area contributed by atoms with Gasteiger partial charge in [0.1, 0.15) is 0 Å². The van der Waals surface area contributed by atoms with Crippen molar-refractivity contribution in [3.63, 3.8) is 0 Å². The van der Waals surface area contributed by atoms with Crippen molar-refractivity contribution >= 4 is 63.3 Å². The smallest absolute Gasteiger partial charge is 0.268 e. The molecule has 0 aliphatic carbocycles. The average molecular weight is 377 g/mol. The standard InChI is InChI=1S/C16H9ClN2O3S2/c17-11-3-7-12(8-4-11)18-15(20)14(24-16(18)23)9-10-1-5-13(6-2-10)19(21)22/h1-9H/b14-9+. The minimum Gasteiger partial charge on any atom is -0.268 e. The van der Waals surface area contributed by atoms with Crippen LogP contribution in [-0.4, -0.2) is 15.2 Å². The minimum atomic E-state index is -0.468. The predicted octanol–water partition coefficient (Wildman–Crippen LogP) is 4.65. The maximum absolute atomic E-state index is 12.6. The number of carbonyl (C=O) groups is 1. The highest BCUT2D eigenvalue weighted by atomic mass is 35.5. The van der Waals surface area contributed by atoms with Crippen LogP contribution in [0.15, 0.2) is 53.4 Å². The summed E-state index contributed by atoms with van der Waals surface area (Å²) < 4.78 is 0.426. The number of amides is 1. The van der Waals surface area contributed by atoms with Crippen LogP contribution in [0.4, 0.5) is 11.4 Å². The van der Waals surface area contributed by atoms with Gasteiger partial charge in [0.25, 0.3) is 11.6 Å². The molecule has 8 heteroatoms. The number of nitro benzene ring substituents is 1. The highest BCUT2D eigenvalue weighted by Crippen LogP contribution is 2.36. The zero-order valence-electron chi connectivity index (χ0n) is 12.0. The lowest BCUT2D eigenvalue weighted by atomic mass is 10.2. The molecule has 1 heterocycles. The van der Waals surface area contributed by atoms with Gasteiger partial charge in [0.05, 0.1) is 15.5 Å². The van der Waals surface area contributed by atoms with Crippen molar-refractivity contribution in [3.8, 4) is 0 Å². The van der Waals surface area contributed by atoms with E-state index in [2.05, 4.69) is 0 Å². The predicted molar refractivity (Wildman–Crippen MR) is 100 cm³/mol. The Morgan fingerprint density at radius 3 is 2.33 bits per heavy atom. The van der Waals surface area contributed by atoms with Crippen molar-refractivity contribution in [1.29, 1.82) is 0 Å². The molecule has 1 aliphatic heterocycles. The van der Waals surface area contributed by atoms with Crippen molar-refractivity contribution < 1.29 is 9.72 Å². The molecular weight excluding hydrogens is 368 g/mol. The lowest BCUT2D eigenvalue weighted by molar-refractivity contribution is -0.384. The molecule has 1 saturated heterocycles. The summed E-state index contributed by atoms with van der Waals surface area (Å²) in [6.45, 7) is 0. The van der Waals surface area contributed by atoms with Crippen molar-refractivity contribution in [2.24, 2.45) is 0 Å². The van der Waals surface area contributed by atoms with Gasteiger partial charge in [-0.3, -0.25) is 19.8 Å². The number of rotatable bonds is 3. The SMILES string of the molecule is O=C1/C(=C\c2ccc([N+](=O)[O-])cc2)SC(=S)N1c1ccc(Cl)cc1. The summed E-state index contributed by atoms with van der Waals surface area (Å²) in [5.41, 5.74) is 1.34. The van der Waals surface area contributed by atoms with E-state index in [1.807, 2.05) is 0 Å². The number of halogens is 1. The Labute approximate surface area is 152 Å². The number of anilines is 1. The molecule has 0 aromatic heterocycles. The largest absolute Gasteiger partial charge is 0.270 e. The first-order chi connectivity index (χ1) is 11.5. The third kappa shape index (κ3) is 3.33. The zero-order valence-corrected chi connectivity index (χ0v) is 14.4. The van der Waals surface area contributed by atoms with Gasteiger partial charge in [-0.1, -0.05) is 35.6 Å². The van der Waals surface area contributed by atoms with Crippen molar-refractivity contribution in [3.05, 3.63) is 74.1 Å². The van der Waals surface area contributed by atoms with Crippen LogP contribution in [0.2, 0.25) is 5.02 Å². The van der Waals surface area contributed by atoms with Crippen molar-refractivity contribution in [2.45, 2.75) is 0 Å². The number of nitro groups is 1. The topological polar surface area (TPSA) is 63.4 Å². The third-order valence-electron chi connectivity index (χ3n) is 3.28. The maximum Gasteiger partial charge on any atom is 0.270 e. The van der Waals surface area contributed by atoms with E-state index in [-0.39, 0.29) is 11.6 Å². The second-order valence-electron chi connectivity index (χ2n) is 4.84. The van der Waals surface area contributed by atoms with E-state index < -0.39 is 4.92 Å². The average Bonchev–Trinajstić information content (AvgIpc) is 2.83. The Morgan fingerprint density at radius 2 is 1.75 bits per heavy atom. The van der Waals surface area contributed by atoms with Crippen molar-refractivity contribution in [1.82, 2.24) is 0 Å². The molecule has 0 unspecified atom stereocenters. The van der Waals surface area contributed by atoms with Gasteiger partial charge in [-0.2, -0.15) is 0 Å². The summed E-state index contributed by atoms with van der Waals surface area (Å²) in [5.74, 6) is -0.231. The van der Waals surface area contributed by atoms with Crippen LogP contribution < -0.4 is 4.90 Å². The Balaban J connectivity index is 1.87.